The lowest BCUT2D eigenvalue weighted by molar-refractivity contribution is 0.244. The molecule has 2 fully saturated rings. The van der Waals surface area contributed by atoms with Gasteiger partial charge in [-0.25, -0.2) is 4.98 Å². The molecule has 3 heterocycles. The fraction of sp³-hybridized carbons (Fsp3) is 0.737. The SMILES string of the molecule is CCCc1nc(C2CN(Cc3c(C)noc3C)CC23CCCC3)n[nH]1. The van der Waals surface area contributed by atoms with E-state index in [0.717, 1.165) is 55.6 Å². The van der Waals surface area contributed by atoms with Crippen molar-refractivity contribution >= 4 is 0 Å². The van der Waals surface area contributed by atoms with Crippen LogP contribution in [0.4, 0.5) is 0 Å². The molecule has 2 aromatic heterocycles. The van der Waals surface area contributed by atoms with Crippen LogP contribution in [0.25, 0.3) is 0 Å². The van der Waals surface area contributed by atoms with Gasteiger partial charge in [0.25, 0.3) is 0 Å². The minimum Gasteiger partial charge on any atom is -0.361 e. The first kappa shape index (κ1) is 16.8. The van der Waals surface area contributed by atoms with Gasteiger partial charge in [-0.15, -0.1) is 0 Å². The Morgan fingerprint density at radius 3 is 2.76 bits per heavy atom. The van der Waals surface area contributed by atoms with E-state index in [2.05, 4.69) is 27.2 Å². The van der Waals surface area contributed by atoms with Gasteiger partial charge >= 0.3 is 0 Å². The first-order chi connectivity index (χ1) is 12.1. The molecular weight excluding hydrogens is 314 g/mol. The fourth-order valence-electron chi connectivity index (χ4n) is 4.90. The zero-order chi connectivity index (χ0) is 17.4. The van der Waals surface area contributed by atoms with Gasteiger partial charge in [-0.05, 0) is 38.5 Å². The van der Waals surface area contributed by atoms with E-state index in [1.807, 2.05) is 13.8 Å². The summed E-state index contributed by atoms with van der Waals surface area (Å²) in [4.78, 5) is 7.41. The van der Waals surface area contributed by atoms with E-state index in [0.29, 0.717) is 11.3 Å². The van der Waals surface area contributed by atoms with Crippen LogP contribution in [-0.2, 0) is 13.0 Å². The van der Waals surface area contributed by atoms with Crippen molar-refractivity contribution in [1.29, 1.82) is 0 Å². The van der Waals surface area contributed by atoms with Gasteiger partial charge in [0.05, 0.1) is 5.69 Å². The van der Waals surface area contributed by atoms with Crippen molar-refractivity contribution in [2.45, 2.75) is 71.8 Å². The molecule has 25 heavy (non-hydrogen) atoms. The summed E-state index contributed by atoms with van der Waals surface area (Å²) < 4.78 is 5.36. The second kappa shape index (κ2) is 6.56. The Morgan fingerprint density at radius 2 is 2.08 bits per heavy atom. The highest BCUT2D eigenvalue weighted by atomic mass is 16.5. The Morgan fingerprint density at radius 1 is 1.28 bits per heavy atom. The average molecular weight is 343 g/mol. The summed E-state index contributed by atoms with van der Waals surface area (Å²) >= 11 is 0. The number of aromatic amines is 1. The first-order valence-electron chi connectivity index (χ1n) is 9.66. The number of likely N-dealkylation sites (tertiary alicyclic amines) is 1. The maximum atomic E-state index is 5.36. The van der Waals surface area contributed by atoms with Crippen molar-refractivity contribution in [1.82, 2.24) is 25.2 Å². The van der Waals surface area contributed by atoms with Crippen LogP contribution in [0.2, 0.25) is 0 Å². The number of nitrogens with zero attached hydrogens (tertiary/aromatic N) is 4. The Kier molecular flexibility index (Phi) is 4.40. The third kappa shape index (κ3) is 3.01. The van der Waals surface area contributed by atoms with Crippen molar-refractivity contribution in [3.8, 4) is 0 Å². The predicted molar refractivity (Wildman–Crippen MR) is 95.3 cm³/mol. The number of aromatic nitrogens is 4. The Hall–Kier alpha value is -1.69. The molecule has 1 unspecified atom stereocenters. The Labute approximate surface area is 149 Å². The molecule has 6 nitrogen and oxygen atoms in total. The number of rotatable bonds is 5. The highest BCUT2D eigenvalue weighted by Gasteiger charge is 2.50. The van der Waals surface area contributed by atoms with Gasteiger partial charge in [-0.2, -0.15) is 5.10 Å². The molecule has 4 rings (SSSR count). The molecule has 0 aromatic carbocycles. The minimum atomic E-state index is 0.352. The number of aryl methyl sites for hydroxylation is 3. The summed E-state index contributed by atoms with van der Waals surface area (Å²) in [6.07, 6.45) is 7.35. The van der Waals surface area contributed by atoms with Crippen molar-refractivity contribution < 1.29 is 4.52 Å². The maximum Gasteiger partial charge on any atom is 0.155 e. The summed E-state index contributed by atoms with van der Waals surface area (Å²) in [6.45, 7) is 9.33. The van der Waals surface area contributed by atoms with Crippen LogP contribution in [0.1, 0.15) is 73.6 Å². The van der Waals surface area contributed by atoms with Crippen LogP contribution in [-0.4, -0.2) is 38.3 Å². The highest BCUT2D eigenvalue weighted by Crippen LogP contribution is 2.53. The molecule has 6 heteroatoms. The van der Waals surface area contributed by atoms with E-state index in [9.17, 15) is 0 Å². The topological polar surface area (TPSA) is 70.8 Å². The molecule has 0 bridgehead atoms. The zero-order valence-corrected chi connectivity index (χ0v) is 15.6. The van der Waals surface area contributed by atoms with E-state index in [-0.39, 0.29) is 0 Å². The largest absolute Gasteiger partial charge is 0.361 e. The van der Waals surface area contributed by atoms with Crippen LogP contribution in [0.5, 0.6) is 0 Å². The van der Waals surface area contributed by atoms with Crippen LogP contribution in [0.3, 0.4) is 0 Å². The summed E-state index contributed by atoms with van der Waals surface area (Å²) in [7, 11) is 0. The number of hydrogen-bond donors (Lipinski definition) is 1. The van der Waals surface area contributed by atoms with Crippen LogP contribution in [0, 0.1) is 19.3 Å². The lowest BCUT2D eigenvalue weighted by Gasteiger charge is -2.28. The lowest BCUT2D eigenvalue weighted by atomic mass is 9.76. The Bertz CT molecular complexity index is 709. The summed E-state index contributed by atoms with van der Waals surface area (Å²) in [5.41, 5.74) is 2.62. The van der Waals surface area contributed by atoms with Crippen molar-refractivity contribution in [3.63, 3.8) is 0 Å². The molecule has 1 aliphatic carbocycles. The number of H-pyrrole nitrogens is 1. The minimum absolute atomic E-state index is 0.352. The van der Waals surface area contributed by atoms with E-state index >= 15 is 0 Å². The van der Waals surface area contributed by atoms with Gasteiger partial charge in [0.15, 0.2) is 5.82 Å². The van der Waals surface area contributed by atoms with E-state index < -0.39 is 0 Å². The molecule has 1 saturated carbocycles. The summed E-state index contributed by atoms with van der Waals surface area (Å²) in [5, 5.41) is 11.9. The van der Waals surface area contributed by atoms with E-state index in [1.54, 1.807) is 0 Å². The maximum absolute atomic E-state index is 5.36. The van der Waals surface area contributed by atoms with E-state index in [1.165, 1.54) is 31.2 Å². The lowest BCUT2D eigenvalue weighted by Crippen LogP contribution is -2.27. The van der Waals surface area contributed by atoms with Crippen LogP contribution in [0.15, 0.2) is 4.52 Å². The second-order valence-corrected chi connectivity index (χ2v) is 7.98. The average Bonchev–Trinajstić information content (AvgIpc) is 3.35. The molecule has 1 aliphatic heterocycles. The van der Waals surface area contributed by atoms with Gasteiger partial charge in [0.2, 0.25) is 0 Å². The standard InChI is InChI=1S/C19H29N5O/c1-4-7-17-20-18(22-21-17)16-11-24(12-19(16)8-5-6-9-19)10-15-13(2)23-25-14(15)3/h16H,4-12H2,1-3H3,(H,20,21,22). The second-order valence-electron chi connectivity index (χ2n) is 7.98. The summed E-state index contributed by atoms with van der Waals surface area (Å²) in [5.74, 6) is 3.46. The molecule has 2 aromatic rings. The number of hydrogen-bond acceptors (Lipinski definition) is 5. The zero-order valence-electron chi connectivity index (χ0n) is 15.6. The summed E-state index contributed by atoms with van der Waals surface area (Å²) in [6, 6.07) is 0. The highest BCUT2D eigenvalue weighted by molar-refractivity contribution is 5.22. The quantitative estimate of drug-likeness (QED) is 0.899. The normalized spacial score (nSPS) is 23.1. The Balaban J connectivity index is 1.57. The monoisotopic (exact) mass is 343 g/mol. The molecular formula is C19H29N5O. The van der Waals surface area contributed by atoms with Crippen molar-refractivity contribution in [3.05, 3.63) is 28.7 Å². The molecule has 0 amide bonds. The van der Waals surface area contributed by atoms with Crippen molar-refractivity contribution in [2.24, 2.45) is 5.41 Å². The molecule has 1 N–H and O–H groups in total. The molecule has 0 radical (unpaired) electrons. The van der Waals surface area contributed by atoms with Gasteiger partial charge in [-0.3, -0.25) is 10.00 Å². The molecule has 136 valence electrons. The molecule has 2 aliphatic rings. The van der Waals surface area contributed by atoms with Crippen LogP contribution >= 0.6 is 0 Å². The van der Waals surface area contributed by atoms with Crippen molar-refractivity contribution in [2.75, 3.05) is 13.1 Å². The molecule has 1 atom stereocenters. The van der Waals surface area contributed by atoms with Gasteiger partial charge in [0, 0.05) is 37.5 Å². The third-order valence-corrected chi connectivity index (χ3v) is 6.23. The molecule has 1 saturated heterocycles. The number of nitrogens with one attached hydrogen (secondary N) is 1. The smallest absolute Gasteiger partial charge is 0.155 e. The predicted octanol–water partition coefficient (Wildman–Crippen LogP) is 3.52. The fourth-order valence-corrected chi connectivity index (χ4v) is 4.90. The van der Waals surface area contributed by atoms with E-state index in [4.69, 9.17) is 9.51 Å². The molecule has 1 spiro atoms. The van der Waals surface area contributed by atoms with Crippen LogP contribution < -0.4 is 0 Å². The van der Waals surface area contributed by atoms with Gasteiger partial charge in [-0.1, -0.05) is 24.9 Å². The van der Waals surface area contributed by atoms with Gasteiger partial charge < -0.3 is 4.52 Å². The van der Waals surface area contributed by atoms with Gasteiger partial charge in [0.1, 0.15) is 11.6 Å². The first-order valence-corrected chi connectivity index (χ1v) is 9.66. The third-order valence-electron chi connectivity index (χ3n) is 6.23.